The van der Waals surface area contributed by atoms with Gasteiger partial charge in [0.15, 0.2) is 12.1 Å². The summed E-state index contributed by atoms with van der Waals surface area (Å²) < 4.78 is 24.9. The molecule has 146 valence electrons. The number of aliphatic hydroxyl groups excluding tert-OH is 2. The molecule has 2 amide bonds. The van der Waals surface area contributed by atoms with Crippen LogP contribution in [0.25, 0.3) is 0 Å². The van der Waals surface area contributed by atoms with Crippen LogP contribution in [-0.2, 0) is 20.9 Å². The Morgan fingerprint density at radius 2 is 2.04 bits per heavy atom. The number of hydrogen-bond donors (Lipinski definition) is 4. The fraction of sp³-hybridized carbons (Fsp3) is 0.412. The van der Waals surface area contributed by atoms with E-state index in [4.69, 9.17) is 15.2 Å². The minimum absolute atomic E-state index is 0.153. The molecule has 5 atom stereocenters. The van der Waals surface area contributed by atoms with Crippen molar-refractivity contribution in [2.45, 2.75) is 43.7 Å². The van der Waals surface area contributed by atoms with Crippen LogP contribution < -0.4 is 11.1 Å². The van der Waals surface area contributed by atoms with Gasteiger partial charge in [0, 0.05) is 6.20 Å². The van der Waals surface area contributed by atoms with Gasteiger partial charge in [-0.1, -0.05) is 30.3 Å². The van der Waals surface area contributed by atoms with Crippen LogP contribution in [0.3, 0.4) is 0 Å². The Kier molecular flexibility index (Phi) is 5.16. The van der Waals surface area contributed by atoms with Crippen molar-refractivity contribution in [3.63, 3.8) is 0 Å². The van der Waals surface area contributed by atoms with Crippen LogP contribution in [0.2, 0.25) is 0 Å². The first-order valence-electron chi connectivity index (χ1n) is 8.24. The van der Waals surface area contributed by atoms with Crippen LogP contribution in [0, 0.1) is 0 Å². The number of carbonyl (C=O) groups excluding carboxylic acids is 2. The highest BCUT2D eigenvalue weighted by Crippen LogP contribution is 2.29. The number of esters is 1. The van der Waals surface area contributed by atoms with Crippen molar-refractivity contribution in [1.82, 2.24) is 10.2 Å². The second-order valence-corrected chi connectivity index (χ2v) is 6.40. The summed E-state index contributed by atoms with van der Waals surface area (Å²) in [5, 5.41) is 21.7. The monoisotopic (exact) mass is 381 g/mol. The topological polar surface area (TPSA) is 134 Å². The Bertz CT molecular complexity index is 760. The zero-order valence-corrected chi connectivity index (χ0v) is 14.4. The molecule has 1 aromatic carbocycles. The Labute approximate surface area is 154 Å². The number of urea groups is 1. The van der Waals surface area contributed by atoms with Gasteiger partial charge in [0.25, 0.3) is 0 Å². The van der Waals surface area contributed by atoms with Gasteiger partial charge in [0.05, 0.1) is 6.10 Å². The summed E-state index contributed by atoms with van der Waals surface area (Å²) in [6, 6.07) is 7.69. The molecule has 27 heavy (non-hydrogen) atoms. The van der Waals surface area contributed by atoms with E-state index < -0.39 is 48.0 Å². The SMILES string of the molecule is C[C@H]1O[C@@H](N2C=C(F)C(N)(C(=O)OCc3ccccc3)NC2=O)[C@H](O)[C@@H]1O. The van der Waals surface area contributed by atoms with E-state index in [1.807, 2.05) is 5.32 Å². The second kappa shape index (κ2) is 7.24. The predicted molar refractivity (Wildman–Crippen MR) is 89.1 cm³/mol. The van der Waals surface area contributed by atoms with Gasteiger partial charge in [-0.3, -0.25) is 10.6 Å². The molecule has 2 aliphatic heterocycles. The Morgan fingerprint density at radius 3 is 2.63 bits per heavy atom. The third-order valence-corrected chi connectivity index (χ3v) is 4.45. The van der Waals surface area contributed by atoms with Crippen molar-refractivity contribution in [2.24, 2.45) is 5.73 Å². The maximum atomic E-state index is 14.6. The number of ether oxygens (including phenoxy) is 2. The molecule has 1 fully saturated rings. The van der Waals surface area contributed by atoms with Gasteiger partial charge >= 0.3 is 12.0 Å². The summed E-state index contributed by atoms with van der Waals surface area (Å²) in [5.41, 5.74) is 3.88. The molecule has 0 radical (unpaired) electrons. The van der Waals surface area contributed by atoms with Crippen LogP contribution in [0.5, 0.6) is 0 Å². The van der Waals surface area contributed by atoms with Crippen molar-refractivity contribution >= 4 is 12.0 Å². The molecule has 1 unspecified atom stereocenters. The van der Waals surface area contributed by atoms with E-state index in [2.05, 4.69) is 0 Å². The van der Waals surface area contributed by atoms with Crippen LogP contribution in [-0.4, -0.2) is 57.3 Å². The summed E-state index contributed by atoms with van der Waals surface area (Å²) in [5.74, 6) is -2.39. The molecular formula is C17H20FN3O6. The molecule has 5 N–H and O–H groups in total. The Morgan fingerprint density at radius 1 is 1.37 bits per heavy atom. The van der Waals surface area contributed by atoms with Crippen molar-refractivity contribution in [1.29, 1.82) is 0 Å². The first-order valence-corrected chi connectivity index (χ1v) is 8.24. The smallest absolute Gasteiger partial charge is 0.354 e. The van der Waals surface area contributed by atoms with E-state index in [0.717, 1.165) is 0 Å². The van der Waals surface area contributed by atoms with Gasteiger partial charge in [0.2, 0.25) is 5.66 Å². The summed E-state index contributed by atoms with van der Waals surface area (Å²) >= 11 is 0. The zero-order chi connectivity index (χ0) is 19.8. The maximum Gasteiger partial charge on any atom is 0.354 e. The number of nitrogens with one attached hydrogen (secondary N) is 1. The second-order valence-electron chi connectivity index (χ2n) is 6.40. The van der Waals surface area contributed by atoms with E-state index in [-0.39, 0.29) is 6.61 Å². The highest BCUT2D eigenvalue weighted by atomic mass is 19.1. The number of halogens is 1. The number of benzene rings is 1. The van der Waals surface area contributed by atoms with E-state index >= 15 is 0 Å². The minimum Gasteiger partial charge on any atom is -0.458 e. The fourth-order valence-electron chi connectivity index (χ4n) is 2.81. The number of carbonyl (C=O) groups is 2. The summed E-state index contributed by atoms with van der Waals surface area (Å²) in [6.07, 6.45) is -4.15. The lowest BCUT2D eigenvalue weighted by Crippen LogP contribution is -2.68. The van der Waals surface area contributed by atoms with E-state index in [9.17, 15) is 24.2 Å². The van der Waals surface area contributed by atoms with Gasteiger partial charge in [-0.15, -0.1) is 0 Å². The lowest BCUT2D eigenvalue weighted by Gasteiger charge is -2.37. The highest BCUT2D eigenvalue weighted by Gasteiger charge is 2.51. The molecule has 0 saturated carbocycles. The number of amides is 2. The minimum atomic E-state index is -2.50. The molecule has 0 aromatic heterocycles. The molecule has 0 bridgehead atoms. The van der Waals surface area contributed by atoms with Crippen LogP contribution >= 0.6 is 0 Å². The molecule has 1 aromatic rings. The van der Waals surface area contributed by atoms with Gasteiger partial charge in [0.1, 0.15) is 18.8 Å². The molecule has 2 heterocycles. The predicted octanol–water partition coefficient (Wildman–Crippen LogP) is -0.313. The van der Waals surface area contributed by atoms with E-state index in [0.29, 0.717) is 16.7 Å². The molecule has 10 heteroatoms. The van der Waals surface area contributed by atoms with Gasteiger partial charge < -0.3 is 25.0 Å². The highest BCUT2D eigenvalue weighted by molar-refractivity contribution is 5.91. The number of rotatable bonds is 4. The zero-order valence-electron chi connectivity index (χ0n) is 14.4. The van der Waals surface area contributed by atoms with Crippen molar-refractivity contribution < 1.29 is 33.7 Å². The van der Waals surface area contributed by atoms with Crippen LogP contribution in [0.4, 0.5) is 9.18 Å². The average Bonchev–Trinajstić information content (AvgIpc) is 2.90. The average molecular weight is 381 g/mol. The van der Waals surface area contributed by atoms with Gasteiger partial charge in [-0.25, -0.2) is 14.0 Å². The number of nitrogens with zero attached hydrogens (tertiary/aromatic N) is 1. The van der Waals surface area contributed by atoms with Crippen LogP contribution in [0.15, 0.2) is 42.4 Å². The number of hydrogen-bond acceptors (Lipinski definition) is 7. The summed E-state index contributed by atoms with van der Waals surface area (Å²) in [4.78, 5) is 25.3. The summed E-state index contributed by atoms with van der Waals surface area (Å²) in [7, 11) is 0. The van der Waals surface area contributed by atoms with Gasteiger partial charge in [-0.05, 0) is 12.5 Å². The first-order chi connectivity index (χ1) is 12.7. The fourth-order valence-corrected chi connectivity index (χ4v) is 2.81. The van der Waals surface area contributed by atoms with Crippen molar-refractivity contribution in [3.05, 3.63) is 47.9 Å². The lowest BCUT2D eigenvalue weighted by atomic mass is 10.1. The number of aliphatic hydroxyl groups is 2. The molecule has 3 rings (SSSR count). The molecule has 2 aliphatic rings. The summed E-state index contributed by atoms with van der Waals surface area (Å²) in [6.45, 7) is 1.34. The number of nitrogens with two attached hydrogens (primary N) is 1. The lowest BCUT2D eigenvalue weighted by molar-refractivity contribution is -0.152. The van der Waals surface area contributed by atoms with Crippen LogP contribution in [0.1, 0.15) is 12.5 Å². The van der Waals surface area contributed by atoms with Crippen molar-refractivity contribution in [3.8, 4) is 0 Å². The maximum absolute atomic E-state index is 14.6. The first kappa shape index (κ1) is 19.2. The van der Waals surface area contributed by atoms with Gasteiger partial charge in [-0.2, -0.15) is 0 Å². The molecule has 1 saturated heterocycles. The molecular weight excluding hydrogens is 361 g/mol. The quantitative estimate of drug-likeness (QED) is 0.526. The van der Waals surface area contributed by atoms with E-state index in [1.54, 1.807) is 30.3 Å². The molecule has 0 spiro atoms. The Balaban J connectivity index is 1.74. The normalized spacial score (nSPS) is 33.4. The van der Waals surface area contributed by atoms with Crippen molar-refractivity contribution in [2.75, 3.05) is 0 Å². The third kappa shape index (κ3) is 3.52. The standard InChI is InChI=1S/C17H20FN3O6/c1-9-12(22)13(23)14(27-9)21-7-11(18)17(19,20-16(21)25)15(24)26-8-10-5-3-2-4-6-10/h2-7,9,12-14,22-23H,8,19H2,1H3,(H,20,25)/t9-,12-,13-,14-,17?/m1/s1. The largest absolute Gasteiger partial charge is 0.458 e. The third-order valence-electron chi connectivity index (χ3n) is 4.45. The molecule has 9 nitrogen and oxygen atoms in total. The van der Waals surface area contributed by atoms with E-state index in [1.165, 1.54) is 6.92 Å². The molecule has 0 aliphatic carbocycles. The Hall–Kier alpha value is -2.53.